The average Bonchev–Trinajstić information content (AvgIpc) is 3.77. The number of fused-ring (bicyclic) bond motifs is 2. The summed E-state index contributed by atoms with van der Waals surface area (Å²) in [4.78, 5) is 31.8. The van der Waals surface area contributed by atoms with Crippen LogP contribution in [0.1, 0.15) is 56.9 Å². The van der Waals surface area contributed by atoms with Crippen molar-refractivity contribution in [2.24, 2.45) is 5.41 Å². The molecule has 1 amide bonds. The molecule has 6 rings (SSSR count). The van der Waals surface area contributed by atoms with E-state index in [0.29, 0.717) is 38.8 Å². The smallest absolute Gasteiger partial charge is 0.410 e. The number of piperazine rings is 1. The van der Waals surface area contributed by atoms with Gasteiger partial charge in [0.25, 0.3) is 0 Å². The Morgan fingerprint density at radius 2 is 1.85 bits per heavy atom. The lowest BCUT2D eigenvalue weighted by atomic mass is 9.99. The van der Waals surface area contributed by atoms with Crippen LogP contribution >= 0.6 is 0 Å². The number of nitriles is 1. The summed E-state index contributed by atoms with van der Waals surface area (Å²) in [5, 5.41) is 12.2. The monoisotopic (exact) mass is 625 g/mol. The maximum absolute atomic E-state index is 13.1. The molecule has 0 N–H and O–H groups in total. The molecule has 2 aromatic carbocycles. The topological polar surface area (TPSA) is 98.1 Å². The Balaban J connectivity index is 1.32. The highest BCUT2D eigenvalue weighted by atomic mass is 16.6. The number of anilines is 2. The summed E-state index contributed by atoms with van der Waals surface area (Å²) in [6, 6.07) is 15.4. The van der Waals surface area contributed by atoms with Crippen LogP contribution in [-0.2, 0) is 17.7 Å². The molecule has 2 aliphatic heterocycles. The second-order valence-corrected chi connectivity index (χ2v) is 14.5. The standard InChI is InChI=1S/C36H47N7O3/c1-25-9-7-10-26-11-8-12-30(31(25)26)41-18-14-28-29(22-41)38-33(45-24-36(15-16-36)23-40(5)6)39-32(28)42-19-20-43(27(21-42)13-17-37)34(44)46-35(2,3)4/h7-12,27H,13-16,18-24H2,1-6H3. The summed E-state index contributed by atoms with van der Waals surface area (Å²) >= 11 is 0. The molecule has 1 atom stereocenters. The van der Waals surface area contributed by atoms with Crippen LogP contribution in [0.3, 0.4) is 0 Å². The van der Waals surface area contributed by atoms with Crippen LogP contribution in [0.4, 0.5) is 16.3 Å². The average molecular weight is 626 g/mol. The van der Waals surface area contributed by atoms with Gasteiger partial charge in [-0.15, -0.1) is 0 Å². The zero-order chi connectivity index (χ0) is 32.6. The van der Waals surface area contributed by atoms with Gasteiger partial charge in [0, 0.05) is 54.8 Å². The van der Waals surface area contributed by atoms with Crippen LogP contribution in [0.25, 0.3) is 10.8 Å². The minimum absolute atomic E-state index is 0.145. The van der Waals surface area contributed by atoms with Crippen molar-refractivity contribution in [3.63, 3.8) is 0 Å². The molecule has 3 aliphatic rings. The number of nitrogens with zero attached hydrogens (tertiary/aromatic N) is 7. The largest absolute Gasteiger partial charge is 0.463 e. The molecule has 0 bridgehead atoms. The summed E-state index contributed by atoms with van der Waals surface area (Å²) in [6.45, 7) is 12.3. The minimum atomic E-state index is -0.608. The Bertz CT molecular complexity index is 1630. The number of hydrogen-bond donors (Lipinski definition) is 0. The van der Waals surface area contributed by atoms with Crippen molar-refractivity contribution in [1.29, 1.82) is 5.26 Å². The highest BCUT2D eigenvalue weighted by Crippen LogP contribution is 2.46. The zero-order valence-corrected chi connectivity index (χ0v) is 28.2. The van der Waals surface area contributed by atoms with E-state index in [1.54, 1.807) is 4.90 Å². The summed E-state index contributed by atoms with van der Waals surface area (Å²) < 4.78 is 12.1. The van der Waals surface area contributed by atoms with Gasteiger partial charge < -0.3 is 29.1 Å². The SMILES string of the molecule is Cc1cccc2cccc(N3CCc4c(nc(OCC5(CN(C)C)CC5)nc4N4CCN(C(=O)OC(C)(C)C)C(CC#N)C4)C3)c12. The number of carbonyl (C=O) groups is 1. The molecule has 0 radical (unpaired) electrons. The van der Waals surface area contributed by atoms with Gasteiger partial charge in [-0.25, -0.2) is 4.79 Å². The summed E-state index contributed by atoms with van der Waals surface area (Å²) in [6.07, 6.45) is 2.90. The molecule has 10 heteroatoms. The summed E-state index contributed by atoms with van der Waals surface area (Å²) in [5.41, 5.74) is 4.10. The van der Waals surface area contributed by atoms with Crippen LogP contribution in [0, 0.1) is 23.7 Å². The minimum Gasteiger partial charge on any atom is -0.463 e. The van der Waals surface area contributed by atoms with Gasteiger partial charge in [0.05, 0.1) is 37.4 Å². The maximum Gasteiger partial charge on any atom is 0.410 e. The van der Waals surface area contributed by atoms with Crippen molar-refractivity contribution in [3.05, 3.63) is 53.2 Å². The van der Waals surface area contributed by atoms with E-state index in [1.165, 1.54) is 22.0 Å². The van der Waals surface area contributed by atoms with Gasteiger partial charge >= 0.3 is 12.1 Å². The third kappa shape index (κ3) is 6.85. The molecule has 1 aromatic heterocycles. The van der Waals surface area contributed by atoms with E-state index in [9.17, 15) is 10.1 Å². The Kier molecular flexibility index (Phi) is 8.73. The predicted octanol–water partition coefficient (Wildman–Crippen LogP) is 5.56. The molecule has 1 saturated heterocycles. The lowest BCUT2D eigenvalue weighted by Crippen LogP contribution is -2.56. The number of carbonyl (C=O) groups excluding carboxylic acids is 1. The Labute approximate surface area is 272 Å². The van der Waals surface area contributed by atoms with Gasteiger partial charge in [-0.2, -0.15) is 15.2 Å². The maximum atomic E-state index is 13.1. The molecule has 46 heavy (non-hydrogen) atoms. The summed E-state index contributed by atoms with van der Waals surface area (Å²) in [7, 11) is 4.21. The van der Waals surface area contributed by atoms with Gasteiger partial charge in [0.2, 0.25) is 0 Å². The van der Waals surface area contributed by atoms with Crippen LogP contribution < -0.4 is 14.5 Å². The fourth-order valence-corrected chi connectivity index (χ4v) is 6.99. The lowest BCUT2D eigenvalue weighted by Gasteiger charge is -2.42. The van der Waals surface area contributed by atoms with Gasteiger partial charge in [-0.1, -0.05) is 30.3 Å². The molecule has 244 valence electrons. The number of aromatic nitrogens is 2. The molecule has 1 aliphatic carbocycles. The molecule has 2 fully saturated rings. The molecule has 3 heterocycles. The van der Waals surface area contributed by atoms with E-state index in [0.717, 1.165) is 49.4 Å². The number of rotatable bonds is 8. The second-order valence-electron chi connectivity index (χ2n) is 14.5. The number of hydrogen-bond acceptors (Lipinski definition) is 9. The van der Waals surface area contributed by atoms with Crippen molar-refractivity contribution in [3.8, 4) is 12.1 Å². The van der Waals surface area contributed by atoms with Crippen molar-refractivity contribution >= 4 is 28.4 Å². The van der Waals surface area contributed by atoms with Crippen LogP contribution in [0.15, 0.2) is 36.4 Å². The summed E-state index contributed by atoms with van der Waals surface area (Å²) in [5.74, 6) is 0.859. The zero-order valence-electron chi connectivity index (χ0n) is 28.2. The van der Waals surface area contributed by atoms with Gasteiger partial charge in [-0.05, 0) is 78.1 Å². The first kappa shape index (κ1) is 31.9. The highest BCUT2D eigenvalue weighted by Gasteiger charge is 2.44. The van der Waals surface area contributed by atoms with E-state index >= 15 is 0 Å². The number of benzene rings is 2. The fourth-order valence-electron chi connectivity index (χ4n) is 6.99. The fraction of sp³-hybridized carbons (Fsp3) is 0.556. The Hall–Kier alpha value is -4.10. The van der Waals surface area contributed by atoms with Crippen LogP contribution in [0.2, 0.25) is 0 Å². The first-order valence-electron chi connectivity index (χ1n) is 16.5. The number of amides is 1. The van der Waals surface area contributed by atoms with Gasteiger partial charge in [0.1, 0.15) is 11.4 Å². The molecule has 3 aromatic rings. The van der Waals surface area contributed by atoms with E-state index in [-0.39, 0.29) is 24.0 Å². The third-order valence-electron chi connectivity index (χ3n) is 9.31. The van der Waals surface area contributed by atoms with E-state index in [2.05, 4.69) is 78.2 Å². The van der Waals surface area contributed by atoms with Crippen LogP contribution in [0.5, 0.6) is 6.01 Å². The second kappa shape index (κ2) is 12.6. The molecule has 0 spiro atoms. The van der Waals surface area contributed by atoms with Crippen molar-refractivity contribution in [1.82, 2.24) is 19.8 Å². The molecular formula is C36H47N7O3. The number of aryl methyl sites for hydroxylation is 1. The molecule has 1 saturated carbocycles. The third-order valence-corrected chi connectivity index (χ3v) is 9.31. The molecule has 1 unspecified atom stereocenters. The first-order valence-corrected chi connectivity index (χ1v) is 16.5. The Morgan fingerprint density at radius 1 is 1.09 bits per heavy atom. The lowest BCUT2D eigenvalue weighted by molar-refractivity contribution is 0.0144. The molecular weight excluding hydrogens is 578 g/mol. The van der Waals surface area contributed by atoms with Crippen molar-refractivity contribution < 1.29 is 14.3 Å². The molecule has 10 nitrogen and oxygen atoms in total. The number of ether oxygens (including phenoxy) is 2. The van der Waals surface area contributed by atoms with Crippen LogP contribution in [-0.4, -0.2) is 90.9 Å². The van der Waals surface area contributed by atoms with Crippen molar-refractivity contribution in [2.75, 3.05) is 63.2 Å². The first-order chi connectivity index (χ1) is 21.9. The van der Waals surface area contributed by atoms with E-state index < -0.39 is 5.60 Å². The van der Waals surface area contributed by atoms with E-state index in [4.69, 9.17) is 19.4 Å². The van der Waals surface area contributed by atoms with Crippen molar-refractivity contribution in [2.45, 2.75) is 71.6 Å². The normalized spacial score (nSPS) is 19.2. The van der Waals surface area contributed by atoms with Gasteiger partial charge in [-0.3, -0.25) is 0 Å². The van der Waals surface area contributed by atoms with Gasteiger partial charge in [0.15, 0.2) is 0 Å². The highest BCUT2D eigenvalue weighted by molar-refractivity contribution is 5.97. The van der Waals surface area contributed by atoms with E-state index in [1.807, 2.05) is 20.8 Å². The Morgan fingerprint density at radius 3 is 2.54 bits per heavy atom. The predicted molar refractivity (Wildman–Crippen MR) is 180 cm³/mol. The quantitative estimate of drug-likeness (QED) is 0.319.